The highest BCUT2D eigenvalue weighted by Crippen LogP contribution is 2.05. The van der Waals surface area contributed by atoms with Gasteiger partial charge in [-0.2, -0.15) is 5.26 Å². The third-order valence-corrected chi connectivity index (χ3v) is 2.06. The summed E-state index contributed by atoms with van der Waals surface area (Å²) >= 11 is 0. The van der Waals surface area contributed by atoms with Crippen molar-refractivity contribution >= 4 is 0 Å². The van der Waals surface area contributed by atoms with E-state index in [0.29, 0.717) is 6.54 Å². The Morgan fingerprint density at radius 1 is 1.47 bits per heavy atom. The molecule has 0 bridgehead atoms. The van der Waals surface area contributed by atoms with Crippen LogP contribution in [0.2, 0.25) is 0 Å². The van der Waals surface area contributed by atoms with Gasteiger partial charge in [-0.1, -0.05) is 29.8 Å². The van der Waals surface area contributed by atoms with Crippen molar-refractivity contribution in [3.63, 3.8) is 0 Å². The average Bonchev–Trinajstić information content (AvgIpc) is 2.65. The molecule has 1 aromatic heterocycles. The molecule has 1 heterocycles. The molecule has 0 amide bonds. The fourth-order valence-corrected chi connectivity index (χ4v) is 1.42. The van der Waals surface area contributed by atoms with E-state index < -0.39 is 0 Å². The summed E-state index contributed by atoms with van der Waals surface area (Å²) in [4.78, 5) is 3.84. The third kappa shape index (κ3) is 2.20. The summed E-state index contributed by atoms with van der Waals surface area (Å²) in [5.74, 6) is 0.211. The van der Waals surface area contributed by atoms with Crippen LogP contribution in [-0.4, -0.2) is 14.8 Å². The lowest BCUT2D eigenvalue weighted by Crippen LogP contribution is -2.00. The molecule has 2 rings (SSSR count). The molecular formula is C11H10N4. The first-order valence-electron chi connectivity index (χ1n) is 4.63. The minimum Gasteiger partial charge on any atom is -0.247 e. The Balaban J connectivity index is 2.19. The fourth-order valence-electron chi connectivity index (χ4n) is 1.42. The van der Waals surface area contributed by atoms with Crippen LogP contribution < -0.4 is 0 Å². The molecule has 15 heavy (non-hydrogen) atoms. The largest absolute Gasteiger partial charge is 0.252 e. The van der Waals surface area contributed by atoms with Gasteiger partial charge >= 0.3 is 0 Å². The van der Waals surface area contributed by atoms with E-state index in [4.69, 9.17) is 5.26 Å². The van der Waals surface area contributed by atoms with E-state index in [2.05, 4.69) is 16.1 Å². The van der Waals surface area contributed by atoms with Crippen LogP contribution in [0, 0.1) is 18.3 Å². The Kier molecular flexibility index (Phi) is 2.46. The maximum absolute atomic E-state index is 8.57. The summed E-state index contributed by atoms with van der Waals surface area (Å²) in [5, 5.41) is 12.6. The Labute approximate surface area is 87.8 Å². The van der Waals surface area contributed by atoms with Gasteiger partial charge in [0.25, 0.3) is 5.82 Å². The molecule has 0 aliphatic rings. The quantitative estimate of drug-likeness (QED) is 0.734. The van der Waals surface area contributed by atoms with E-state index >= 15 is 0 Å². The van der Waals surface area contributed by atoms with Gasteiger partial charge in [-0.05, 0) is 12.5 Å². The van der Waals surface area contributed by atoms with Gasteiger partial charge in [0.15, 0.2) is 0 Å². The SMILES string of the molecule is Cc1cccc(Cn2cnc(C#N)n2)c1. The van der Waals surface area contributed by atoms with Crippen molar-refractivity contribution < 1.29 is 0 Å². The van der Waals surface area contributed by atoms with Crippen molar-refractivity contribution in [3.8, 4) is 6.07 Å². The standard InChI is InChI=1S/C11H10N4/c1-9-3-2-4-10(5-9)7-15-8-13-11(6-12)14-15/h2-5,8H,7H2,1H3. The zero-order valence-corrected chi connectivity index (χ0v) is 8.38. The fraction of sp³-hybridized carbons (Fsp3) is 0.182. The van der Waals surface area contributed by atoms with Crippen LogP contribution in [0.5, 0.6) is 0 Å². The Hall–Kier alpha value is -2.15. The number of nitrogens with zero attached hydrogens (tertiary/aromatic N) is 4. The lowest BCUT2D eigenvalue weighted by Gasteiger charge is -2.01. The summed E-state index contributed by atoms with van der Waals surface area (Å²) in [6, 6.07) is 10.1. The van der Waals surface area contributed by atoms with E-state index in [1.165, 1.54) is 5.56 Å². The van der Waals surface area contributed by atoms with Crippen LogP contribution in [0.3, 0.4) is 0 Å². The highest BCUT2D eigenvalue weighted by Gasteiger charge is 1.99. The van der Waals surface area contributed by atoms with Gasteiger partial charge in [-0.3, -0.25) is 0 Å². The van der Waals surface area contributed by atoms with E-state index in [9.17, 15) is 0 Å². The maximum atomic E-state index is 8.57. The maximum Gasteiger partial charge on any atom is 0.252 e. The number of benzene rings is 1. The lowest BCUT2D eigenvalue weighted by molar-refractivity contribution is 0.682. The molecule has 0 radical (unpaired) electrons. The van der Waals surface area contributed by atoms with E-state index in [1.54, 1.807) is 11.0 Å². The summed E-state index contributed by atoms with van der Waals surface area (Å²) in [5.41, 5.74) is 2.37. The minimum atomic E-state index is 0.211. The second kappa shape index (κ2) is 3.93. The van der Waals surface area contributed by atoms with Crippen molar-refractivity contribution in [2.45, 2.75) is 13.5 Å². The molecule has 0 fully saturated rings. The molecule has 2 aromatic rings. The highest BCUT2D eigenvalue weighted by molar-refractivity contribution is 5.22. The molecule has 0 saturated heterocycles. The monoisotopic (exact) mass is 198 g/mol. The van der Waals surface area contributed by atoms with Crippen LogP contribution in [0.1, 0.15) is 17.0 Å². The zero-order valence-electron chi connectivity index (χ0n) is 8.38. The smallest absolute Gasteiger partial charge is 0.247 e. The van der Waals surface area contributed by atoms with Crippen molar-refractivity contribution in [2.24, 2.45) is 0 Å². The Morgan fingerprint density at radius 2 is 2.33 bits per heavy atom. The first-order valence-corrected chi connectivity index (χ1v) is 4.63. The van der Waals surface area contributed by atoms with Gasteiger partial charge in [0.2, 0.25) is 0 Å². The predicted molar refractivity (Wildman–Crippen MR) is 55.0 cm³/mol. The number of hydrogen-bond donors (Lipinski definition) is 0. The van der Waals surface area contributed by atoms with Crippen LogP contribution >= 0.6 is 0 Å². The van der Waals surface area contributed by atoms with Crippen molar-refractivity contribution in [3.05, 3.63) is 47.5 Å². The molecule has 0 aliphatic carbocycles. The van der Waals surface area contributed by atoms with Gasteiger partial charge < -0.3 is 0 Å². The number of hydrogen-bond acceptors (Lipinski definition) is 3. The van der Waals surface area contributed by atoms with Crippen LogP contribution in [-0.2, 0) is 6.54 Å². The summed E-state index contributed by atoms with van der Waals surface area (Å²) in [7, 11) is 0. The number of nitriles is 1. The van der Waals surface area contributed by atoms with E-state index in [-0.39, 0.29) is 5.82 Å². The second-order valence-corrected chi connectivity index (χ2v) is 3.37. The number of rotatable bonds is 2. The second-order valence-electron chi connectivity index (χ2n) is 3.37. The van der Waals surface area contributed by atoms with Crippen LogP contribution in [0.15, 0.2) is 30.6 Å². The predicted octanol–water partition coefficient (Wildman–Crippen LogP) is 1.51. The van der Waals surface area contributed by atoms with Gasteiger partial charge in [-0.25, -0.2) is 9.67 Å². The van der Waals surface area contributed by atoms with Crippen molar-refractivity contribution in [2.75, 3.05) is 0 Å². The van der Waals surface area contributed by atoms with E-state index in [0.717, 1.165) is 5.56 Å². The number of aryl methyl sites for hydroxylation is 1. The third-order valence-electron chi connectivity index (χ3n) is 2.06. The molecule has 1 aromatic carbocycles. The van der Waals surface area contributed by atoms with Gasteiger partial charge in [0, 0.05) is 0 Å². The summed E-state index contributed by atoms with van der Waals surface area (Å²) < 4.78 is 1.66. The highest BCUT2D eigenvalue weighted by atomic mass is 15.3. The topological polar surface area (TPSA) is 54.5 Å². The Bertz CT molecular complexity index is 507. The molecule has 4 heteroatoms. The first-order chi connectivity index (χ1) is 7.28. The molecule has 0 unspecified atom stereocenters. The summed E-state index contributed by atoms with van der Waals surface area (Å²) in [6.07, 6.45) is 1.57. The molecule has 0 spiro atoms. The van der Waals surface area contributed by atoms with Gasteiger partial charge in [0.05, 0.1) is 6.54 Å². The molecular weight excluding hydrogens is 188 g/mol. The zero-order chi connectivity index (χ0) is 10.7. The van der Waals surface area contributed by atoms with Crippen molar-refractivity contribution in [1.29, 1.82) is 5.26 Å². The first kappa shape index (κ1) is 9.41. The van der Waals surface area contributed by atoms with Gasteiger partial charge in [0.1, 0.15) is 12.4 Å². The molecule has 4 nitrogen and oxygen atoms in total. The minimum absolute atomic E-state index is 0.211. The van der Waals surface area contributed by atoms with Crippen LogP contribution in [0.4, 0.5) is 0 Å². The molecule has 0 N–H and O–H groups in total. The molecule has 0 saturated carbocycles. The molecule has 0 atom stereocenters. The summed E-state index contributed by atoms with van der Waals surface area (Å²) in [6.45, 7) is 2.70. The molecule has 74 valence electrons. The average molecular weight is 198 g/mol. The van der Waals surface area contributed by atoms with Crippen LogP contribution in [0.25, 0.3) is 0 Å². The van der Waals surface area contributed by atoms with Crippen molar-refractivity contribution in [1.82, 2.24) is 14.8 Å². The number of aromatic nitrogens is 3. The Morgan fingerprint density at radius 3 is 3.00 bits per heavy atom. The normalized spacial score (nSPS) is 9.87. The van der Waals surface area contributed by atoms with Gasteiger partial charge in [-0.15, -0.1) is 5.10 Å². The lowest BCUT2D eigenvalue weighted by atomic mass is 10.1. The van der Waals surface area contributed by atoms with E-state index in [1.807, 2.05) is 31.2 Å². The molecule has 0 aliphatic heterocycles.